The molecule has 1 atom stereocenters. The van der Waals surface area contributed by atoms with Crippen molar-refractivity contribution in [2.75, 3.05) is 38.2 Å². The van der Waals surface area contributed by atoms with Crippen molar-refractivity contribution in [3.05, 3.63) is 54.4 Å². The lowest BCUT2D eigenvalue weighted by atomic mass is 10.1. The first-order chi connectivity index (χ1) is 12.2. The van der Waals surface area contributed by atoms with Crippen LogP contribution in [-0.4, -0.2) is 55.1 Å². The number of nitrogens with zero attached hydrogens (tertiary/aromatic N) is 3. The van der Waals surface area contributed by atoms with Crippen molar-refractivity contribution in [2.24, 2.45) is 5.73 Å². The van der Waals surface area contributed by atoms with Gasteiger partial charge in [0.25, 0.3) is 0 Å². The summed E-state index contributed by atoms with van der Waals surface area (Å²) in [5.41, 5.74) is 8.17. The Morgan fingerprint density at radius 2 is 1.96 bits per heavy atom. The summed E-state index contributed by atoms with van der Waals surface area (Å²) in [5.74, 6) is 0.860. The minimum absolute atomic E-state index is 0.00327. The lowest BCUT2D eigenvalue weighted by Crippen LogP contribution is -2.53. The Balaban J connectivity index is 1.57. The summed E-state index contributed by atoms with van der Waals surface area (Å²) in [6.07, 6.45) is 3.99. The van der Waals surface area contributed by atoms with Crippen LogP contribution in [0.1, 0.15) is 5.56 Å². The van der Waals surface area contributed by atoms with E-state index in [0.29, 0.717) is 19.5 Å². The number of hydrogen-bond acceptors (Lipinski definition) is 5. The van der Waals surface area contributed by atoms with Gasteiger partial charge in [-0.05, 0) is 30.2 Å². The number of pyridine rings is 1. The molecule has 0 spiro atoms. The second kappa shape index (κ2) is 7.98. The third-order valence-corrected chi connectivity index (χ3v) is 4.51. The highest BCUT2D eigenvalue weighted by Gasteiger charge is 2.26. The smallest absolute Gasteiger partial charge is 0.239 e. The SMILES string of the molecule is COc1ccccc1N1CCN(C(=O)C(N)Cc2cccnc2)CC1. The van der Waals surface area contributed by atoms with Crippen LogP contribution >= 0.6 is 0 Å². The Kier molecular flexibility index (Phi) is 5.50. The number of ether oxygens (including phenoxy) is 1. The van der Waals surface area contributed by atoms with E-state index in [1.165, 1.54) is 0 Å². The summed E-state index contributed by atoms with van der Waals surface area (Å²) in [7, 11) is 1.68. The molecule has 25 heavy (non-hydrogen) atoms. The maximum atomic E-state index is 12.6. The summed E-state index contributed by atoms with van der Waals surface area (Å²) < 4.78 is 5.43. The quantitative estimate of drug-likeness (QED) is 0.888. The summed E-state index contributed by atoms with van der Waals surface area (Å²) in [6, 6.07) is 11.2. The molecule has 0 saturated carbocycles. The Labute approximate surface area is 148 Å². The molecule has 1 unspecified atom stereocenters. The molecule has 6 nitrogen and oxygen atoms in total. The maximum Gasteiger partial charge on any atom is 0.239 e. The molecule has 2 heterocycles. The van der Waals surface area contributed by atoms with Crippen LogP contribution in [0, 0.1) is 0 Å². The predicted molar refractivity (Wildman–Crippen MR) is 97.7 cm³/mol. The Morgan fingerprint density at radius 3 is 2.64 bits per heavy atom. The summed E-state index contributed by atoms with van der Waals surface area (Å²) in [6.45, 7) is 2.87. The van der Waals surface area contributed by atoms with Gasteiger partial charge in [0.15, 0.2) is 0 Å². The first-order valence-corrected chi connectivity index (χ1v) is 8.50. The molecule has 132 valence electrons. The molecule has 2 N–H and O–H groups in total. The van der Waals surface area contributed by atoms with E-state index >= 15 is 0 Å². The molecule has 0 aliphatic carbocycles. The molecule has 3 rings (SSSR count). The van der Waals surface area contributed by atoms with Crippen molar-refractivity contribution in [3.63, 3.8) is 0 Å². The fourth-order valence-electron chi connectivity index (χ4n) is 3.15. The van der Waals surface area contributed by atoms with Gasteiger partial charge in [0.2, 0.25) is 5.91 Å². The van der Waals surface area contributed by atoms with Crippen molar-refractivity contribution >= 4 is 11.6 Å². The van der Waals surface area contributed by atoms with Crippen LogP contribution in [0.5, 0.6) is 5.75 Å². The van der Waals surface area contributed by atoms with Crippen molar-refractivity contribution in [1.82, 2.24) is 9.88 Å². The minimum Gasteiger partial charge on any atom is -0.495 e. The topological polar surface area (TPSA) is 71.7 Å². The van der Waals surface area contributed by atoms with E-state index in [4.69, 9.17) is 10.5 Å². The number of para-hydroxylation sites is 2. The number of amides is 1. The second-order valence-electron chi connectivity index (χ2n) is 6.16. The summed E-state index contributed by atoms with van der Waals surface area (Å²) in [5, 5.41) is 0. The number of anilines is 1. The number of benzene rings is 1. The summed E-state index contributed by atoms with van der Waals surface area (Å²) in [4.78, 5) is 20.8. The van der Waals surface area contributed by atoms with Gasteiger partial charge in [0.05, 0.1) is 18.8 Å². The van der Waals surface area contributed by atoms with Crippen LogP contribution < -0.4 is 15.4 Å². The minimum atomic E-state index is -0.526. The molecule has 0 radical (unpaired) electrons. The average molecular weight is 340 g/mol. The van der Waals surface area contributed by atoms with Gasteiger partial charge < -0.3 is 20.3 Å². The van der Waals surface area contributed by atoms with E-state index in [0.717, 1.165) is 30.1 Å². The van der Waals surface area contributed by atoms with Gasteiger partial charge in [-0.15, -0.1) is 0 Å². The summed E-state index contributed by atoms with van der Waals surface area (Å²) >= 11 is 0. The third-order valence-electron chi connectivity index (χ3n) is 4.51. The predicted octanol–water partition coefficient (Wildman–Crippen LogP) is 1.31. The number of hydrogen-bond donors (Lipinski definition) is 1. The average Bonchev–Trinajstić information content (AvgIpc) is 2.68. The molecule has 0 bridgehead atoms. The fraction of sp³-hybridized carbons (Fsp3) is 0.368. The monoisotopic (exact) mass is 340 g/mol. The van der Waals surface area contributed by atoms with E-state index in [2.05, 4.69) is 9.88 Å². The van der Waals surface area contributed by atoms with Gasteiger partial charge >= 0.3 is 0 Å². The molecule has 1 saturated heterocycles. The van der Waals surface area contributed by atoms with Crippen LogP contribution in [0.25, 0.3) is 0 Å². The zero-order chi connectivity index (χ0) is 17.6. The van der Waals surface area contributed by atoms with E-state index in [1.807, 2.05) is 41.3 Å². The van der Waals surface area contributed by atoms with E-state index in [1.54, 1.807) is 19.5 Å². The van der Waals surface area contributed by atoms with Crippen molar-refractivity contribution in [3.8, 4) is 5.75 Å². The van der Waals surface area contributed by atoms with Crippen LogP contribution in [0.3, 0.4) is 0 Å². The molecular weight excluding hydrogens is 316 g/mol. The number of methoxy groups -OCH3 is 1. The molecule has 2 aromatic rings. The first kappa shape index (κ1) is 17.2. The molecule has 1 aliphatic heterocycles. The molecular formula is C19H24N4O2. The van der Waals surface area contributed by atoms with Gasteiger partial charge in [-0.3, -0.25) is 9.78 Å². The largest absolute Gasteiger partial charge is 0.495 e. The van der Waals surface area contributed by atoms with Gasteiger partial charge in [0, 0.05) is 38.6 Å². The van der Waals surface area contributed by atoms with E-state index < -0.39 is 6.04 Å². The third kappa shape index (κ3) is 4.09. The highest BCUT2D eigenvalue weighted by atomic mass is 16.5. The highest BCUT2D eigenvalue weighted by Crippen LogP contribution is 2.28. The van der Waals surface area contributed by atoms with Crippen LogP contribution in [0.4, 0.5) is 5.69 Å². The lowest BCUT2D eigenvalue weighted by Gasteiger charge is -2.37. The van der Waals surface area contributed by atoms with Gasteiger partial charge in [0.1, 0.15) is 5.75 Å². The Bertz CT molecular complexity index is 700. The normalized spacial score (nSPS) is 15.8. The number of nitrogens with two attached hydrogens (primary N) is 1. The van der Waals surface area contributed by atoms with Crippen molar-refractivity contribution < 1.29 is 9.53 Å². The number of carbonyl (C=O) groups excluding carboxylic acids is 1. The Hall–Kier alpha value is -2.60. The maximum absolute atomic E-state index is 12.6. The van der Waals surface area contributed by atoms with Crippen molar-refractivity contribution in [2.45, 2.75) is 12.5 Å². The van der Waals surface area contributed by atoms with E-state index in [-0.39, 0.29) is 5.91 Å². The Morgan fingerprint density at radius 1 is 1.20 bits per heavy atom. The van der Waals surface area contributed by atoms with Gasteiger partial charge in [-0.25, -0.2) is 0 Å². The molecule has 1 aromatic heterocycles. The number of piperazine rings is 1. The number of aromatic nitrogens is 1. The molecule has 1 amide bonds. The van der Waals surface area contributed by atoms with Gasteiger partial charge in [-0.2, -0.15) is 0 Å². The second-order valence-corrected chi connectivity index (χ2v) is 6.16. The molecule has 6 heteroatoms. The van der Waals surface area contributed by atoms with Gasteiger partial charge in [-0.1, -0.05) is 18.2 Å². The highest BCUT2D eigenvalue weighted by molar-refractivity contribution is 5.82. The zero-order valence-corrected chi connectivity index (χ0v) is 14.5. The standard InChI is InChI=1S/C19H24N4O2/c1-25-18-7-3-2-6-17(18)22-9-11-23(12-10-22)19(24)16(20)13-15-5-4-8-21-14-15/h2-8,14,16H,9-13,20H2,1H3. The van der Waals surface area contributed by atoms with Crippen LogP contribution in [0.2, 0.25) is 0 Å². The molecule has 1 aromatic carbocycles. The number of rotatable bonds is 5. The van der Waals surface area contributed by atoms with Crippen LogP contribution in [0.15, 0.2) is 48.8 Å². The molecule has 1 fully saturated rings. The number of carbonyl (C=O) groups is 1. The lowest BCUT2D eigenvalue weighted by molar-refractivity contribution is -0.132. The van der Waals surface area contributed by atoms with Crippen LogP contribution in [-0.2, 0) is 11.2 Å². The fourth-order valence-corrected chi connectivity index (χ4v) is 3.15. The van der Waals surface area contributed by atoms with E-state index in [9.17, 15) is 4.79 Å². The van der Waals surface area contributed by atoms with Crippen molar-refractivity contribution in [1.29, 1.82) is 0 Å². The zero-order valence-electron chi connectivity index (χ0n) is 14.5. The molecule has 1 aliphatic rings. The first-order valence-electron chi connectivity index (χ1n) is 8.50.